The van der Waals surface area contributed by atoms with Crippen LogP contribution in [0.15, 0.2) is 30.3 Å². The van der Waals surface area contributed by atoms with Crippen LogP contribution in [-0.2, 0) is 16.0 Å². The molecule has 2 nitrogen and oxygen atoms in total. The summed E-state index contributed by atoms with van der Waals surface area (Å²) in [4.78, 5) is 22.0. The van der Waals surface area contributed by atoms with Gasteiger partial charge >= 0.3 is 26.4 Å². The molecule has 0 heterocycles. The number of rotatable bonds is 6. The van der Waals surface area contributed by atoms with Crippen LogP contribution in [0.2, 0.25) is 0 Å². The number of ketones is 1. The van der Waals surface area contributed by atoms with Crippen LogP contribution in [0.25, 0.3) is 0 Å². The average molecular weight is 317 g/mol. The molecule has 0 spiro atoms. The highest BCUT2D eigenvalue weighted by Gasteiger charge is 2.09. The van der Waals surface area contributed by atoms with Crippen LogP contribution in [0.4, 0.5) is 0 Å². The summed E-state index contributed by atoms with van der Waals surface area (Å²) < 4.78 is 0.0962. The standard InChI is InChI=1S/C12H14IO2/c13-12(15)9-8-11(14)7-6-10-4-2-1-3-5-10/h1-5,13H,6-9H2/q+1. The molecule has 1 aromatic carbocycles. The first-order chi connectivity index (χ1) is 7.18. The van der Waals surface area contributed by atoms with Gasteiger partial charge in [-0.25, -0.2) is 4.79 Å². The number of carbonyl (C=O) groups excluding carboxylic acids is 2. The van der Waals surface area contributed by atoms with Gasteiger partial charge in [0.25, 0.3) is 0 Å². The Labute approximate surface area is 103 Å². The molecule has 0 aliphatic rings. The SMILES string of the molecule is O=C([IH+])CCC(=O)CCc1ccccc1. The van der Waals surface area contributed by atoms with Crippen molar-refractivity contribution in [3.63, 3.8) is 0 Å². The van der Waals surface area contributed by atoms with Crippen LogP contribution in [0.3, 0.4) is 0 Å². The molecule has 0 radical (unpaired) electrons. The lowest BCUT2D eigenvalue weighted by molar-refractivity contribution is -0.305. The maximum atomic E-state index is 11.4. The fraction of sp³-hybridized carbons (Fsp3) is 0.333. The van der Waals surface area contributed by atoms with Crippen molar-refractivity contribution >= 4 is 9.57 Å². The van der Waals surface area contributed by atoms with E-state index in [4.69, 9.17) is 0 Å². The minimum atomic E-state index is 0.0962. The zero-order valence-electron chi connectivity index (χ0n) is 8.44. The Morgan fingerprint density at radius 1 is 1.00 bits per heavy atom. The van der Waals surface area contributed by atoms with Gasteiger partial charge in [0.15, 0.2) is 0 Å². The van der Waals surface area contributed by atoms with Gasteiger partial charge in [0.1, 0.15) is 5.78 Å². The Morgan fingerprint density at radius 3 is 2.27 bits per heavy atom. The van der Waals surface area contributed by atoms with Gasteiger partial charge in [-0.3, -0.25) is 4.79 Å². The van der Waals surface area contributed by atoms with Crippen molar-refractivity contribution in [1.29, 1.82) is 0 Å². The normalized spacial score (nSPS) is 9.93. The van der Waals surface area contributed by atoms with Gasteiger partial charge < -0.3 is 0 Å². The lowest BCUT2D eigenvalue weighted by Crippen LogP contribution is -3.38. The minimum Gasteiger partial charge on any atom is -0.300 e. The number of Topliss-reactive ketones (excluding diaryl/α,β-unsaturated/α-hetero) is 1. The van der Waals surface area contributed by atoms with Crippen LogP contribution in [0, 0.1) is 0 Å². The molecule has 1 rings (SSSR count). The van der Waals surface area contributed by atoms with E-state index in [1.54, 1.807) is 0 Å². The fourth-order valence-electron chi connectivity index (χ4n) is 1.29. The molecule has 0 fully saturated rings. The lowest BCUT2D eigenvalue weighted by Gasteiger charge is -1.99. The molecule has 0 unspecified atom stereocenters. The monoisotopic (exact) mass is 317 g/mol. The predicted molar refractivity (Wildman–Crippen MR) is 55.4 cm³/mol. The zero-order valence-corrected chi connectivity index (χ0v) is 10.8. The van der Waals surface area contributed by atoms with Crippen molar-refractivity contribution in [3.8, 4) is 0 Å². The van der Waals surface area contributed by atoms with E-state index in [-0.39, 0.29) is 9.57 Å². The summed E-state index contributed by atoms with van der Waals surface area (Å²) in [6.07, 6.45) is 2.10. The molecule has 0 aliphatic carbocycles. The molecule has 80 valence electrons. The van der Waals surface area contributed by atoms with Crippen LogP contribution in [-0.4, -0.2) is 9.57 Å². The van der Waals surface area contributed by atoms with Crippen molar-refractivity contribution in [1.82, 2.24) is 0 Å². The molecule has 0 atom stereocenters. The first kappa shape index (κ1) is 12.4. The third-order valence-electron chi connectivity index (χ3n) is 2.14. The van der Waals surface area contributed by atoms with Crippen LogP contribution in [0.1, 0.15) is 24.8 Å². The molecule has 0 bridgehead atoms. The van der Waals surface area contributed by atoms with Crippen molar-refractivity contribution in [2.24, 2.45) is 0 Å². The highest BCUT2D eigenvalue weighted by Crippen LogP contribution is 2.04. The van der Waals surface area contributed by atoms with Gasteiger partial charge in [0.2, 0.25) is 0 Å². The third kappa shape index (κ3) is 5.67. The second kappa shape index (κ2) is 6.71. The average Bonchev–Trinajstić information content (AvgIpc) is 2.25. The second-order valence-corrected chi connectivity index (χ2v) is 4.70. The van der Waals surface area contributed by atoms with E-state index in [2.05, 4.69) is 0 Å². The quantitative estimate of drug-likeness (QED) is 0.487. The summed E-state index contributed by atoms with van der Waals surface area (Å²) in [6.45, 7) is 0. The third-order valence-corrected chi connectivity index (χ3v) is 2.73. The zero-order chi connectivity index (χ0) is 11.1. The molecule has 3 heteroatoms. The van der Waals surface area contributed by atoms with E-state index in [1.165, 1.54) is 28.2 Å². The largest absolute Gasteiger partial charge is 0.361 e. The van der Waals surface area contributed by atoms with Crippen molar-refractivity contribution < 1.29 is 32.2 Å². The highest BCUT2D eigenvalue weighted by atomic mass is 127. The van der Waals surface area contributed by atoms with Gasteiger partial charge in [-0.1, -0.05) is 30.3 Å². The summed E-state index contributed by atoms with van der Waals surface area (Å²) >= 11 is 1.45. The van der Waals surface area contributed by atoms with Crippen LogP contribution < -0.4 is 22.6 Å². The van der Waals surface area contributed by atoms with E-state index in [9.17, 15) is 9.59 Å². The second-order valence-electron chi connectivity index (χ2n) is 3.40. The molecular weight excluding hydrogens is 303 g/mol. The number of benzene rings is 1. The number of carbonyl (C=O) groups is 2. The molecule has 0 aromatic heterocycles. The Kier molecular flexibility index (Phi) is 5.53. The van der Waals surface area contributed by atoms with Gasteiger partial charge in [-0.05, 0) is 12.0 Å². The molecule has 0 N–H and O–H groups in total. The summed E-state index contributed by atoms with van der Waals surface area (Å²) in [6, 6.07) is 9.92. The Hall–Kier alpha value is -0.710. The summed E-state index contributed by atoms with van der Waals surface area (Å²) in [5.41, 5.74) is 1.18. The highest BCUT2D eigenvalue weighted by molar-refractivity contribution is 5.82. The van der Waals surface area contributed by atoms with Gasteiger partial charge in [-0.2, -0.15) is 0 Å². The number of aryl methyl sites for hydroxylation is 1. The molecular formula is C12H14IO2+. The smallest absolute Gasteiger partial charge is 0.300 e. The Balaban J connectivity index is 2.26. The number of hydrogen-bond acceptors (Lipinski definition) is 2. The van der Waals surface area contributed by atoms with Crippen LogP contribution in [0.5, 0.6) is 0 Å². The van der Waals surface area contributed by atoms with E-state index < -0.39 is 0 Å². The summed E-state index contributed by atoms with van der Waals surface area (Å²) in [5, 5.41) is 0. The molecule has 0 aliphatic heterocycles. The molecule has 0 saturated heterocycles. The fourth-order valence-corrected chi connectivity index (χ4v) is 1.59. The summed E-state index contributed by atoms with van der Waals surface area (Å²) in [5.74, 6) is 0.177. The van der Waals surface area contributed by atoms with E-state index in [0.29, 0.717) is 19.3 Å². The predicted octanol–water partition coefficient (Wildman–Crippen LogP) is -1.22. The molecule has 0 saturated carbocycles. The van der Waals surface area contributed by atoms with Gasteiger partial charge in [0.05, 0.1) is 6.42 Å². The van der Waals surface area contributed by atoms with Gasteiger partial charge in [0, 0.05) is 12.8 Å². The topological polar surface area (TPSA) is 34.1 Å². The minimum absolute atomic E-state index is 0.0962. The molecule has 15 heavy (non-hydrogen) atoms. The molecule has 0 amide bonds. The number of halogens is 1. The maximum absolute atomic E-state index is 11.4. The van der Waals surface area contributed by atoms with E-state index in [0.717, 1.165) is 6.42 Å². The first-order valence-corrected chi connectivity index (χ1v) is 6.10. The Morgan fingerprint density at radius 2 is 1.67 bits per heavy atom. The van der Waals surface area contributed by atoms with Crippen molar-refractivity contribution in [2.75, 3.05) is 0 Å². The maximum Gasteiger partial charge on any atom is 0.361 e. The van der Waals surface area contributed by atoms with Crippen LogP contribution >= 0.6 is 0 Å². The van der Waals surface area contributed by atoms with E-state index >= 15 is 0 Å². The molecule has 1 aromatic rings. The first-order valence-electron chi connectivity index (χ1n) is 4.94. The Bertz CT molecular complexity index is 333. The van der Waals surface area contributed by atoms with Crippen molar-refractivity contribution in [2.45, 2.75) is 25.7 Å². The lowest BCUT2D eigenvalue weighted by atomic mass is 10.1. The number of hydrogen-bond donors (Lipinski definition) is 0. The van der Waals surface area contributed by atoms with E-state index in [1.807, 2.05) is 30.3 Å². The van der Waals surface area contributed by atoms with Gasteiger partial charge in [-0.15, -0.1) is 0 Å². The van der Waals surface area contributed by atoms with Crippen molar-refractivity contribution in [3.05, 3.63) is 35.9 Å². The summed E-state index contributed by atoms with van der Waals surface area (Å²) in [7, 11) is 0.